The largest absolute Gasteiger partial charge is 0.344 e. The number of aromatic nitrogens is 2. The van der Waals surface area contributed by atoms with E-state index < -0.39 is 6.04 Å². The summed E-state index contributed by atoms with van der Waals surface area (Å²) in [6, 6.07) is -0.550. The van der Waals surface area contributed by atoms with Gasteiger partial charge < -0.3 is 5.32 Å². The maximum Gasteiger partial charge on any atom is 0.249 e. The fourth-order valence-electron chi connectivity index (χ4n) is 1.72. The molecule has 19 heavy (non-hydrogen) atoms. The van der Waals surface area contributed by atoms with Crippen LogP contribution in [0.2, 0.25) is 0 Å². The highest BCUT2D eigenvalue weighted by atomic mass is 32.1. The molecule has 1 fully saturated rings. The lowest BCUT2D eigenvalue weighted by Crippen LogP contribution is -2.46. The second-order valence-electron chi connectivity index (χ2n) is 5.13. The van der Waals surface area contributed by atoms with Crippen molar-refractivity contribution in [2.24, 2.45) is 5.92 Å². The van der Waals surface area contributed by atoms with Gasteiger partial charge in [0.05, 0.1) is 0 Å². The summed E-state index contributed by atoms with van der Waals surface area (Å²) in [6.07, 6.45) is 2.31. The van der Waals surface area contributed by atoms with Crippen LogP contribution in [-0.4, -0.2) is 28.1 Å². The van der Waals surface area contributed by atoms with Gasteiger partial charge in [0, 0.05) is 12.8 Å². The van der Waals surface area contributed by atoms with E-state index in [0.29, 0.717) is 11.0 Å². The molecule has 1 heterocycles. The summed E-state index contributed by atoms with van der Waals surface area (Å²) in [4.78, 5) is 23.2. The molecule has 1 aliphatic carbocycles. The standard InChI is InChI=1S/C12H18N4O2S/c1-6(2)9(13-7(3)17)10(18)14-12-16-15-11(19-12)8-4-5-8/h6,8-9H,4-5H2,1-3H3,(H,13,17)(H,14,16,18)/t9-/m1/s1. The summed E-state index contributed by atoms with van der Waals surface area (Å²) in [6.45, 7) is 5.17. The van der Waals surface area contributed by atoms with Crippen LogP contribution in [0.3, 0.4) is 0 Å². The van der Waals surface area contributed by atoms with Crippen LogP contribution in [-0.2, 0) is 9.59 Å². The van der Waals surface area contributed by atoms with E-state index in [1.165, 1.54) is 18.3 Å². The average molecular weight is 282 g/mol. The summed E-state index contributed by atoms with van der Waals surface area (Å²) in [5, 5.41) is 14.9. The topological polar surface area (TPSA) is 84.0 Å². The van der Waals surface area contributed by atoms with E-state index in [9.17, 15) is 9.59 Å². The number of rotatable bonds is 5. The Bertz CT molecular complexity index is 482. The third kappa shape index (κ3) is 3.73. The lowest BCUT2D eigenvalue weighted by molar-refractivity contribution is -0.126. The van der Waals surface area contributed by atoms with Gasteiger partial charge in [-0.15, -0.1) is 10.2 Å². The Morgan fingerprint density at radius 2 is 2.00 bits per heavy atom. The highest BCUT2D eigenvalue weighted by molar-refractivity contribution is 7.15. The van der Waals surface area contributed by atoms with E-state index in [1.54, 1.807) is 0 Å². The molecule has 7 heteroatoms. The molecular formula is C12H18N4O2S. The Kier molecular flexibility index (Phi) is 4.14. The Labute approximate surface area is 116 Å². The van der Waals surface area contributed by atoms with E-state index in [-0.39, 0.29) is 17.7 Å². The lowest BCUT2D eigenvalue weighted by atomic mass is 10.0. The van der Waals surface area contributed by atoms with E-state index >= 15 is 0 Å². The zero-order valence-electron chi connectivity index (χ0n) is 11.3. The first kappa shape index (κ1) is 13.9. The van der Waals surface area contributed by atoms with Gasteiger partial charge in [0.1, 0.15) is 11.0 Å². The predicted octanol–water partition coefficient (Wildman–Crippen LogP) is 1.51. The second kappa shape index (κ2) is 5.64. The molecule has 1 atom stereocenters. The first-order chi connectivity index (χ1) is 8.97. The van der Waals surface area contributed by atoms with Crippen molar-refractivity contribution in [3.63, 3.8) is 0 Å². The van der Waals surface area contributed by atoms with Crippen molar-refractivity contribution >= 4 is 28.3 Å². The first-order valence-electron chi connectivity index (χ1n) is 6.38. The van der Waals surface area contributed by atoms with Crippen LogP contribution < -0.4 is 10.6 Å². The third-order valence-corrected chi connectivity index (χ3v) is 3.91. The molecular weight excluding hydrogens is 264 g/mol. The molecule has 1 aromatic rings. The molecule has 0 radical (unpaired) electrons. The van der Waals surface area contributed by atoms with Crippen LogP contribution in [0.5, 0.6) is 0 Å². The molecule has 0 spiro atoms. The van der Waals surface area contributed by atoms with Crippen LogP contribution in [0.4, 0.5) is 5.13 Å². The fourth-order valence-corrected chi connectivity index (χ4v) is 2.63. The number of hydrogen-bond acceptors (Lipinski definition) is 5. The second-order valence-corrected chi connectivity index (χ2v) is 6.14. The SMILES string of the molecule is CC(=O)N[C@@H](C(=O)Nc1nnc(C2CC2)s1)C(C)C. The molecule has 1 aromatic heterocycles. The molecule has 0 aliphatic heterocycles. The Morgan fingerprint density at radius 1 is 1.32 bits per heavy atom. The minimum absolute atomic E-state index is 0.0136. The summed E-state index contributed by atoms with van der Waals surface area (Å²) < 4.78 is 0. The number of hydrogen-bond donors (Lipinski definition) is 2. The van der Waals surface area contributed by atoms with E-state index in [0.717, 1.165) is 17.8 Å². The van der Waals surface area contributed by atoms with Crippen LogP contribution in [0, 0.1) is 5.92 Å². The molecule has 1 aliphatic rings. The average Bonchev–Trinajstić information content (AvgIpc) is 3.07. The number of nitrogens with one attached hydrogen (secondary N) is 2. The van der Waals surface area contributed by atoms with Crippen molar-refractivity contribution in [2.75, 3.05) is 5.32 Å². The molecule has 2 N–H and O–H groups in total. The van der Waals surface area contributed by atoms with E-state index in [4.69, 9.17) is 0 Å². The molecule has 0 aromatic carbocycles. The van der Waals surface area contributed by atoms with Crippen molar-refractivity contribution in [2.45, 2.75) is 45.6 Å². The third-order valence-electron chi connectivity index (χ3n) is 2.91. The lowest BCUT2D eigenvalue weighted by Gasteiger charge is -2.19. The van der Waals surface area contributed by atoms with Gasteiger partial charge in [0.25, 0.3) is 0 Å². The molecule has 2 amide bonds. The normalized spacial score (nSPS) is 16.2. The van der Waals surface area contributed by atoms with Crippen molar-refractivity contribution in [3.8, 4) is 0 Å². The Morgan fingerprint density at radius 3 is 2.53 bits per heavy atom. The highest BCUT2D eigenvalue weighted by Gasteiger charge is 2.29. The highest BCUT2D eigenvalue weighted by Crippen LogP contribution is 2.42. The molecule has 0 bridgehead atoms. The summed E-state index contributed by atoms with van der Waals surface area (Å²) in [7, 11) is 0. The van der Waals surface area contributed by atoms with Gasteiger partial charge in [-0.25, -0.2) is 0 Å². The summed E-state index contributed by atoms with van der Waals surface area (Å²) in [5.74, 6) is 0.0765. The van der Waals surface area contributed by atoms with Crippen molar-refractivity contribution in [1.82, 2.24) is 15.5 Å². The Hall–Kier alpha value is -1.50. The van der Waals surface area contributed by atoms with Crippen molar-refractivity contribution < 1.29 is 9.59 Å². The van der Waals surface area contributed by atoms with Crippen LogP contribution in [0.1, 0.15) is 44.5 Å². The van der Waals surface area contributed by atoms with Crippen molar-refractivity contribution in [3.05, 3.63) is 5.01 Å². The monoisotopic (exact) mass is 282 g/mol. The number of anilines is 1. The van der Waals surface area contributed by atoms with Gasteiger partial charge in [0.2, 0.25) is 16.9 Å². The smallest absolute Gasteiger partial charge is 0.249 e. The number of amides is 2. The van der Waals surface area contributed by atoms with Crippen LogP contribution >= 0.6 is 11.3 Å². The molecule has 0 saturated heterocycles. The van der Waals surface area contributed by atoms with Gasteiger partial charge in [-0.3, -0.25) is 14.9 Å². The van der Waals surface area contributed by atoms with Gasteiger partial charge >= 0.3 is 0 Å². The first-order valence-corrected chi connectivity index (χ1v) is 7.20. The van der Waals surface area contributed by atoms with Crippen LogP contribution in [0.25, 0.3) is 0 Å². The Balaban J connectivity index is 1.98. The molecule has 1 saturated carbocycles. The van der Waals surface area contributed by atoms with Gasteiger partial charge in [-0.1, -0.05) is 25.2 Å². The van der Waals surface area contributed by atoms with Gasteiger partial charge in [-0.05, 0) is 18.8 Å². The zero-order valence-corrected chi connectivity index (χ0v) is 12.1. The van der Waals surface area contributed by atoms with Gasteiger partial charge in [0.15, 0.2) is 0 Å². The van der Waals surface area contributed by atoms with Gasteiger partial charge in [-0.2, -0.15) is 0 Å². The minimum Gasteiger partial charge on any atom is -0.344 e. The molecule has 6 nitrogen and oxygen atoms in total. The minimum atomic E-state index is -0.550. The zero-order chi connectivity index (χ0) is 14.0. The quantitative estimate of drug-likeness (QED) is 0.857. The number of nitrogens with zero attached hydrogens (tertiary/aromatic N) is 2. The number of carbonyl (C=O) groups excluding carboxylic acids is 2. The number of carbonyl (C=O) groups is 2. The molecule has 2 rings (SSSR count). The van der Waals surface area contributed by atoms with E-state index in [2.05, 4.69) is 20.8 Å². The summed E-state index contributed by atoms with van der Waals surface area (Å²) in [5.41, 5.74) is 0. The van der Waals surface area contributed by atoms with Crippen LogP contribution in [0.15, 0.2) is 0 Å². The molecule has 0 unspecified atom stereocenters. The maximum absolute atomic E-state index is 12.1. The van der Waals surface area contributed by atoms with Crippen molar-refractivity contribution in [1.29, 1.82) is 0 Å². The van der Waals surface area contributed by atoms with E-state index in [1.807, 2.05) is 13.8 Å². The predicted molar refractivity (Wildman–Crippen MR) is 73.0 cm³/mol. The molecule has 104 valence electrons. The maximum atomic E-state index is 12.1. The fraction of sp³-hybridized carbons (Fsp3) is 0.667. The summed E-state index contributed by atoms with van der Waals surface area (Å²) >= 11 is 1.41.